The Hall–Kier alpha value is -2.76. The zero-order chi connectivity index (χ0) is 26.6. The summed E-state index contributed by atoms with van der Waals surface area (Å²) in [5.74, 6) is 1.01. The van der Waals surface area contributed by atoms with Crippen molar-refractivity contribution in [1.29, 1.82) is 0 Å². The lowest BCUT2D eigenvalue weighted by atomic mass is 9.99. The van der Waals surface area contributed by atoms with E-state index in [0.717, 1.165) is 42.4 Å². The van der Waals surface area contributed by atoms with E-state index in [-0.39, 0.29) is 17.9 Å². The molecule has 0 bridgehead atoms. The van der Waals surface area contributed by atoms with E-state index in [1.807, 2.05) is 24.5 Å². The molecule has 200 valence electrons. The highest BCUT2D eigenvalue weighted by atomic mass is 32.2. The van der Waals surface area contributed by atoms with Crippen molar-refractivity contribution < 1.29 is 17.9 Å². The van der Waals surface area contributed by atoms with Gasteiger partial charge in [-0.25, -0.2) is 18.4 Å². The molecule has 0 aliphatic carbocycles. The monoisotopic (exact) mass is 528 g/mol. The van der Waals surface area contributed by atoms with Crippen molar-refractivity contribution in [3.05, 3.63) is 53.6 Å². The minimum atomic E-state index is -3.74. The maximum absolute atomic E-state index is 13.7. The van der Waals surface area contributed by atoms with Crippen LogP contribution in [0.3, 0.4) is 0 Å². The van der Waals surface area contributed by atoms with Crippen molar-refractivity contribution >= 4 is 9.84 Å². The first-order valence-corrected chi connectivity index (χ1v) is 14.5. The molecule has 1 aliphatic heterocycles. The summed E-state index contributed by atoms with van der Waals surface area (Å²) in [6.45, 7) is 8.24. The van der Waals surface area contributed by atoms with Crippen LogP contribution in [0.25, 0.3) is 11.4 Å². The number of hydrogen-bond acceptors (Lipinski definition) is 9. The van der Waals surface area contributed by atoms with E-state index in [1.54, 1.807) is 31.7 Å². The van der Waals surface area contributed by atoms with E-state index >= 15 is 0 Å². The fourth-order valence-corrected chi connectivity index (χ4v) is 6.31. The second kappa shape index (κ2) is 11.7. The first-order valence-electron chi connectivity index (χ1n) is 12.8. The molecule has 11 heteroatoms. The third kappa shape index (κ3) is 6.05. The molecule has 0 N–H and O–H groups in total. The van der Waals surface area contributed by atoms with Crippen molar-refractivity contribution in [3.8, 4) is 11.4 Å². The molecule has 1 aliphatic rings. The Labute approximate surface area is 218 Å². The number of hydrogen-bond donors (Lipinski definition) is 0. The molecule has 1 fully saturated rings. The fourth-order valence-electron chi connectivity index (χ4n) is 4.88. The molecular weight excluding hydrogens is 492 g/mol. The van der Waals surface area contributed by atoms with E-state index in [1.165, 1.54) is 7.11 Å². The average Bonchev–Trinajstić information content (AvgIpc) is 3.29. The summed E-state index contributed by atoms with van der Waals surface area (Å²) in [6, 6.07) is 1.88. The minimum absolute atomic E-state index is 0.0437. The maximum Gasteiger partial charge on any atom is 0.165 e. The van der Waals surface area contributed by atoms with E-state index in [2.05, 4.69) is 32.1 Å². The Kier molecular flexibility index (Phi) is 8.66. The molecule has 0 unspecified atom stereocenters. The van der Waals surface area contributed by atoms with Crippen LogP contribution < -0.4 is 0 Å². The van der Waals surface area contributed by atoms with E-state index in [9.17, 15) is 8.42 Å². The van der Waals surface area contributed by atoms with Gasteiger partial charge in [-0.1, -0.05) is 6.92 Å². The van der Waals surface area contributed by atoms with Gasteiger partial charge in [0.15, 0.2) is 21.5 Å². The smallest absolute Gasteiger partial charge is 0.165 e. The largest absolute Gasteiger partial charge is 0.376 e. The first kappa shape index (κ1) is 27.3. The Morgan fingerprint density at radius 3 is 2.49 bits per heavy atom. The van der Waals surface area contributed by atoms with Crippen molar-refractivity contribution in [2.75, 3.05) is 13.7 Å². The van der Waals surface area contributed by atoms with Gasteiger partial charge in [-0.05, 0) is 63.6 Å². The van der Waals surface area contributed by atoms with Crippen LogP contribution in [0, 0.1) is 13.8 Å². The highest BCUT2D eigenvalue weighted by Gasteiger charge is 2.36. The SMILES string of the molecule is CC[C@@H]([C@H]1CCCCO1)n1c(CS(=O)(=O)[C@@H](C)[C@H](OC)c2ncc(C)cn2)nnc1-c1cncc(C)c1. The van der Waals surface area contributed by atoms with Crippen molar-refractivity contribution in [2.24, 2.45) is 0 Å². The van der Waals surface area contributed by atoms with Crippen LogP contribution in [0.15, 0.2) is 30.9 Å². The van der Waals surface area contributed by atoms with Crippen molar-refractivity contribution in [3.63, 3.8) is 0 Å². The number of rotatable bonds is 10. The van der Waals surface area contributed by atoms with Crippen LogP contribution in [-0.4, -0.2) is 63.2 Å². The van der Waals surface area contributed by atoms with Crippen LogP contribution in [0.4, 0.5) is 0 Å². The summed E-state index contributed by atoms with van der Waals surface area (Å²) in [5.41, 5.74) is 2.66. The zero-order valence-electron chi connectivity index (χ0n) is 22.2. The Balaban J connectivity index is 1.73. The van der Waals surface area contributed by atoms with Gasteiger partial charge >= 0.3 is 0 Å². The number of aromatic nitrogens is 6. The van der Waals surface area contributed by atoms with Gasteiger partial charge in [0.1, 0.15) is 17.7 Å². The molecule has 0 amide bonds. The third-order valence-corrected chi connectivity index (χ3v) is 8.97. The average molecular weight is 529 g/mol. The van der Waals surface area contributed by atoms with Crippen molar-refractivity contribution in [1.82, 2.24) is 29.7 Å². The van der Waals surface area contributed by atoms with Crippen LogP contribution >= 0.6 is 0 Å². The predicted octanol–water partition coefficient (Wildman–Crippen LogP) is 3.96. The second-order valence-corrected chi connectivity index (χ2v) is 12.1. The molecular formula is C26H36N6O4S. The maximum atomic E-state index is 13.7. The lowest BCUT2D eigenvalue weighted by Gasteiger charge is -2.32. The van der Waals surface area contributed by atoms with Gasteiger partial charge in [0.05, 0.1) is 17.4 Å². The number of methoxy groups -OCH3 is 1. The molecule has 4 heterocycles. The zero-order valence-corrected chi connectivity index (χ0v) is 23.0. The minimum Gasteiger partial charge on any atom is -0.376 e. The first-order chi connectivity index (χ1) is 17.7. The van der Waals surface area contributed by atoms with Gasteiger partial charge in [0.25, 0.3) is 0 Å². The molecule has 0 aromatic carbocycles. The molecule has 0 radical (unpaired) electrons. The molecule has 0 saturated carbocycles. The van der Waals surface area contributed by atoms with Gasteiger partial charge in [-0.3, -0.25) is 4.98 Å². The van der Waals surface area contributed by atoms with Gasteiger partial charge in [0.2, 0.25) is 0 Å². The number of nitrogens with zero attached hydrogens (tertiary/aromatic N) is 6. The number of pyridine rings is 1. The standard InChI is InChI=1S/C26H36N6O4S/c1-6-21(22-9-7-8-10-36-22)32-23(30-31-26(32)20-11-17(2)12-27-15-20)16-37(33,34)19(4)24(35-5)25-28-13-18(3)14-29-25/h11-15,19,21-22,24H,6-10,16H2,1-5H3/t19-,21-,22+,24-/m0/s1. The molecule has 10 nitrogen and oxygen atoms in total. The second-order valence-electron chi connectivity index (χ2n) is 9.73. The molecule has 37 heavy (non-hydrogen) atoms. The Morgan fingerprint density at radius 2 is 1.86 bits per heavy atom. The summed E-state index contributed by atoms with van der Waals surface area (Å²) in [4.78, 5) is 12.9. The normalized spacial score (nSPS) is 18.9. The molecule has 4 rings (SSSR count). The van der Waals surface area contributed by atoms with Crippen LogP contribution in [-0.2, 0) is 25.1 Å². The molecule has 4 atom stereocenters. The van der Waals surface area contributed by atoms with E-state index in [4.69, 9.17) is 9.47 Å². The van der Waals surface area contributed by atoms with Crippen molar-refractivity contribution in [2.45, 2.75) is 82.6 Å². The predicted molar refractivity (Wildman–Crippen MR) is 140 cm³/mol. The Bertz CT molecular complexity index is 1290. The number of aryl methyl sites for hydroxylation is 2. The van der Waals surface area contributed by atoms with Gasteiger partial charge in [0, 0.05) is 44.1 Å². The summed E-state index contributed by atoms with van der Waals surface area (Å²) >= 11 is 0. The summed E-state index contributed by atoms with van der Waals surface area (Å²) in [6.07, 6.45) is 9.71. The lowest BCUT2D eigenvalue weighted by Crippen LogP contribution is -2.33. The third-order valence-electron chi connectivity index (χ3n) is 6.93. The summed E-state index contributed by atoms with van der Waals surface area (Å²) in [7, 11) is -2.27. The quantitative estimate of drug-likeness (QED) is 0.385. The highest BCUT2D eigenvalue weighted by Crippen LogP contribution is 2.33. The van der Waals surface area contributed by atoms with Gasteiger partial charge in [-0.15, -0.1) is 10.2 Å². The van der Waals surface area contributed by atoms with E-state index in [0.29, 0.717) is 24.1 Å². The molecule has 0 spiro atoms. The van der Waals surface area contributed by atoms with Crippen LogP contribution in [0.1, 0.15) is 74.5 Å². The molecule has 3 aromatic heterocycles. The topological polar surface area (TPSA) is 122 Å². The van der Waals surface area contributed by atoms with E-state index < -0.39 is 21.2 Å². The number of ether oxygens (including phenoxy) is 2. The highest BCUT2D eigenvalue weighted by molar-refractivity contribution is 7.91. The molecule has 1 saturated heterocycles. The van der Waals surface area contributed by atoms with Crippen LogP contribution in [0.5, 0.6) is 0 Å². The fraction of sp³-hybridized carbons (Fsp3) is 0.577. The van der Waals surface area contributed by atoms with Gasteiger partial charge in [-0.2, -0.15) is 0 Å². The summed E-state index contributed by atoms with van der Waals surface area (Å²) < 4.78 is 41.1. The molecule has 3 aromatic rings. The number of sulfone groups is 1. The lowest BCUT2D eigenvalue weighted by molar-refractivity contribution is -0.0179. The van der Waals surface area contributed by atoms with Gasteiger partial charge < -0.3 is 14.0 Å². The summed E-state index contributed by atoms with van der Waals surface area (Å²) in [5, 5.41) is 7.96. The Morgan fingerprint density at radius 1 is 1.11 bits per heavy atom. The van der Waals surface area contributed by atoms with Crippen LogP contribution in [0.2, 0.25) is 0 Å².